The molecule has 0 saturated heterocycles. The van der Waals surface area contributed by atoms with Crippen LogP contribution in [0.1, 0.15) is 66.6 Å². The van der Waals surface area contributed by atoms with Crippen LogP contribution in [-0.4, -0.2) is 11.6 Å². The first-order valence-electron chi connectivity index (χ1n) is 9.11. The highest BCUT2D eigenvalue weighted by Gasteiger charge is 2.12. The van der Waals surface area contributed by atoms with Gasteiger partial charge in [-0.25, -0.2) is 0 Å². The van der Waals surface area contributed by atoms with Gasteiger partial charge in [-0.15, -0.1) is 0 Å². The van der Waals surface area contributed by atoms with Crippen molar-refractivity contribution in [2.45, 2.75) is 52.9 Å². The molecule has 4 heteroatoms. The lowest BCUT2D eigenvalue weighted by molar-refractivity contribution is 0.103. The van der Waals surface area contributed by atoms with Gasteiger partial charge in [0.2, 0.25) is 0 Å². The fourth-order valence-corrected chi connectivity index (χ4v) is 2.57. The van der Waals surface area contributed by atoms with Crippen molar-refractivity contribution >= 4 is 23.2 Å². The van der Waals surface area contributed by atoms with Crippen molar-refractivity contribution in [1.29, 1.82) is 5.41 Å². The molecule has 0 fully saturated rings. The van der Waals surface area contributed by atoms with E-state index in [4.69, 9.17) is 22.7 Å². The lowest BCUT2D eigenvalue weighted by Gasteiger charge is -2.07. The number of nitrogens with two attached hydrogens (primary N) is 1. The minimum Gasteiger partial charge on any atom is -0.388 e. The lowest BCUT2D eigenvalue weighted by Crippen LogP contribution is -2.05. The molecule has 0 saturated carbocycles. The zero-order valence-corrected chi connectivity index (χ0v) is 16.7. The monoisotopic (exact) mass is 372 g/mol. The van der Waals surface area contributed by atoms with Crippen molar-refractivity contribution in [3.8, 4) is 0 Å². The lowest BCUT2D eigenvalue weighted by atomic mass is 9.97. The van der Waals surface area contributed by atoms with E-state index in [0.29, 0.717) is 17.0 Å². The van der Waals surface area contributed by atoms with Crippen LogP contribution in [0, 0.1) is 12.3 Å². The normalized spacial score (nSPS) is 10.0. The number of rotatable bonds is 7. The van der Waals surface area contributed by atoms with Crippen molar-refractivity contribution in [1.82, 2.24) is 0 Å². The van der Waals surface area contributed by atoms with Crippen molar-refractivity contribution in [3.05, 3.63) is 69.7 Å². The van der Waals surface area contributed by atoms with Gasteiger partial charge in [0, 0.05) is 22.6 Å². The van der Waals surface area contributed by atoms with Gasteiger partial charge in [0.25, 0.3) is 0 Å². The maximum Gasteiger partial charge on any atom is 0.193 e. The van der Waals surface area contributed by atoms with Gasteiger partial charge in [-0.3, -0.25) is 10.2 Å². The Morgan fingerprint density at radius 2 is 1.69 bits per heavy atom. The van der Waals surface area contributed by atoms with E-state index >= 15 is 0 Å². The standard InChI is InChI=1S/C19H21ClO.C3H8N2/c1-3-4-5-6-15-8-10-16(11-9-15)19(21)18-13-17(20)12-7-14(18)2;1-2-3(4)5/h7-13H,3-6H2,1-2H3;2H2,1H3,(H3,4,5). The first-order valence-corrected chi connectivity index (χ1v) is 9.49. The van der Waals surface area contributed by atoms with Crippen LogP contribution in [0.3, 0.4) is 0 Å². The fourth-order valence-electron chi connectivity index (χ4n) is 2.40. The van der Waals surface area contributed by atoms with Crippen LogP contribution in [0.4, 0.5) is 0 Å². The van der Waals surface area contributed by atoms with Crippen LogP contribution in [0.25, 0.3) is 0 Å². The summed E-state index contributed by atoms with van der Waals surface area (Å²) in [6.07, 6.45) is 5.43. The van der Waals surface area contributed by atoms with E-state index in [1.54, 1.807) is 6.07 Å². The Morgan fingerprint density at radius 1 is 1.08 bits per heavy atom. The summed E-state index contributed by atoms with van der Waals surface area (Å²) in [5.74, 6) is 0.292. The average molecular weight is 373 g/mol. The average Bonchev–Trinajstić information content (AvgIpc) is 2.64. The molecule has 0 atom stereocenters. The number of hydrogen-bond acceptors (Lipinski definition) is 2. The molecule has 3 nitrogen and oxygen atoms in total. The molecule has 0 unspecified atom stereocenters. The van der Waals surface area contributed by atoms with Crippen LogP contribution in [0.2, 0.25) is 5.02 Å². The molecule has 0 amide bonds. The fraction of sp³-hybridized carbons (Fsp3) is 0.364. The molecule has 3 N–H and O–H groups in total. The van der Waals surface area contributed by atoms with Crippen LogP contribution >= 0.6 is 11.6 Å². The Balaban J connectivity index is 0.000000597. The highest BCUT2D eigenvalue weighted by molar-refractivity contribution is 6.31. The Hall–Kier alpha value is -2.13. The third-order valence-electron chi connectivity index (χ3n) is 4.11. The second-order valence-electron chi connectivity index (χ2n) is 6.32. The number of ketones is 1. The van der Waals surface area contributed by atoms with Crippen molar-refractivity contribution < 1.29 is 4.79 Å². The number of carbonyl (C=O) groups is 1. The van der Waals surface area contributed by atoms with Crippen molar-refractivity contribution in [2.24, 2.45) is 5.73 Å². The molecule has 0 bridgehead atoms. The van der Waals surface area contributed by atoms with Crippen LogP contribution in [0.15, 0.2) is 42.5 Å². The third kappa shape index (κ3) is 7.40. The molecule has 0 aliphatic carbocycles. The Bertz CT molecular complexity index is 723. The van der Waals surface area contributed by atoms with Gasteiger partial charge in [-0.05, 0) is 43.0 Å². The highest BCUT2D eigenvalue weighted by Crippen LogP contribution is 2.19. The quantitative estimate of drug-likeness (QED) is 0.273. The molecule has 0 aliphatic heterocycles. The predicted octanol–water partition coefficient (Wildman–Crippen LogP) is 5.94. The minimum absolute atomic E-state index is 0.0371. The number of carbonyl (C=O) groups excluding carboxylic acids is 1. The van der Waals surface area contributed by atoms with Crippen LogP contribution in [-0.2, 0) is 6.42 Å². The molecule has 0 spiro atoms. The number of amidine groups is 1. The maximum absolute atomic E-state index is 12.5. The van der Waals surface area contributed by atoms with Gasteiger partial charge in [0.1, 0.15) is 0 Å². The Labute approximate surface area is 162 Å². The number of hydrogen-bond donors (Lipinski definition) is 2. The van der Waals surface area contributed by atoms with Gasteiger partial charge in [-0.1, -0.05) is 68.6 Å². The first-order chi connectivity index (χ1) is 12.4. The molecule has 0 aromatic heterocycles. The molecule has 0 radical (unpaired) electrons. The summed E-state index contributed by atoms with van der Waals surface area (Å²) in [6, 6.07) is 13.4. The number of halogens is 1. The first kappa shape index (κ1) is 21.9. The van der Waals surface area contributed by atoms with Crippen molar-refractivity contribution in [2.75, 3.05) is 0 Å². The largest absolute Gasteiger partial charge is 0.388 e. The zero-order valence-electron chi connectivity index (χ0n) is 15.9. The highest BCUT2D eigenvalue weighted by atomic mass is 35.5. The maximum atomic E-state index is 12.5. The molecule has 140 valence electrons. The Kier molecular flexibility index (Phi) is 9.67. The summed E-state index contributed by atoms with van der Waals surface area (Å²) in [5.41, 5.74) is 8.53. The molecular formula is C22H29ClN2O. The van der Waals surface area contributed by atoms with Gasteiger partial charge >= 0.3 is 0 Å². The summed E-state index contributed by atoms with van der Waals surface area (Å²) in [7, 11) is 0. The van der Waals surface area contributed by atoms with E-state index in [1.165, 1.54) is 24.8 Å². The van der Waals surface area contributed by atoms with Gasteiger partial charge < -0.3 is 5.73 Å². The molecule has 0 aliphatic rings. The molecule has 2 rings (SSSR count). The SMILES string of the molecule is CCC(=N)N.CCCCCc1ccc(C(=O)c2cc(Cl)ccc2C)cc1. The molecule has 2 aromatic rings. The van der Waals surface area contributed by atoms with Crippen LogP contribution in [0.5, 0.6) is 0 Å². The number of unbranched alkanes of at least 4 members (excludes halogenated alkanes) is 2. The van der Waals surface area contributed by atoms with E-state index < -0.39 is 0 Å². The van der Waals surface area contributed by atoms with Gasteiger partial charge in [0.15, 0.2) is 5.78 Å². The molecule has 2 aromatic carbocycles. The van der Waals surface area contributed by atoms with E-state index in [2.05, 4.69) is 19.1 Å². The number of aryl methyl sites for hydroxylation is 2. The summed E-state index contributed by atoms with van der Waals surface area (Å²) in [6.45, 7) is 5.99. The predicted molar refractivity (Wildman–Crippen MR) is 111 cm³/mol. The molecular weight excluding hydrogens is 344 g/mol. The summed E-state index contributed by atoms with van der Waals surface area (Å²) in [5, 5.41) is 7.12. The second-order valence-corrected chi connectivity index (χ2v) is 6.76. The molecule has 0 heterocycles. The van der Waals surface area contributed by atoms with E-state index in [1.807, 2.05) is 38.1 Å². The van der Waals surface area contributed by atoms with Crippen molar-refractivity contribution in [3.63, 3.8) is 0 Å². The van der Waals surface area contributed by atoms with E-state index in [0.717, 1.165) is 17.5 Å². The zero-order chi connectivity index (χ0) is 19.5. The van der Waals surface area contributed by atoms with Crippen LogP contribution < -0.4 is 5.73 Å². The topological polar surface area (TPSA) is 66.9 Å². The number of nitrogens with one attached hydrogen (secondary N) is 1. The third-order valence-corrected chi connectivity index (χ3v) is 4.35. The summed E-state index contributed by atoms with van der Waals surface area (Å²) >= 11 is 5.99. The van der Waals surface area contributed by atoms with Gasteiger partial charge in [-0.2, -0.15) is 0 Å². The Morgan fingerprint density at radius 3 is 2.23 bits per heavy atom. The molecule has 26 heavy (non-hydrogen) atoms. The smallest absolute Gasteiger partial charge is 0.193 e. The summed E-state index contributed by atoms with van der Waals surface area (Å²) < 4.78 is 0. The minimum atomic E-state index is 0.0371. The van der Waals surface area contributed by atoms with E-state index in [-0.39, 0.29) is 11.6 Å². The summed E-state index contributed by atoms with van der Waals surface area (Å²) in [4.78, 5) is 12.5. The second kappa shape index (κ2) is 11.5. The van der Waals surface area contributed by atoms with E-state index in [9.17, 15) is 4.79 Å². The van der Waals surface area contributed by atoms with Gasteiger partial charge in [0.05, 0.1) is 5.84 Å². The number of benzene rings is 2.